The zero-order chi connectivity index (χ0) is 16.9. The van der Waals surface area contributed by atoms with Crippen LogP contribution < -0.4 is 16.0 Å². The summed E-state index contributed by atoms with van der Waals surface area (Å²) in [6, 6.07) is 4.02. The third-order valence-corrected chi connectivity index (χ3v) is 3.59. The molecule has 5 nitrogen and oxygen atoms in total. The van der Waals surface area contributed by atoms with Gasteiger partial charge in [-0.2, -0.15) is 13.2 Å². The van der Waals surface area contributed by atoms with E-state index in [0.717, 1.165) is 37.8 Å². The van der Waals surface area contributed by atoms with Crippen molar-refractivity contribution in [2.24, 2.45) is 0 Å². The predicted octanol–water partition coefficient (Wildman–Crippen LogP) is 2.89. The molecule has 0 radical (unpaired) electrons. The third kappa shape index (κ3) is 5.46. The molecule has 126 valence electrons. The van der Waals surface area contributed by atoms with E-state index in [1.54, 1.807) is 0 Å². The first kappa shape index (κ1) is 17.1. The standard InChI is InChI=1S/C15H18F3N3O2/c16-15(17,18)10-4-3-7-12(8-10)19-9-13(22)21-14(23)20-11-5-1-2-6-11/h3-4,7-8,11,19H,1-2,5-6,9H2,(H2,20,21,22,23). The number of carbonyl (C=O) groups is 2. The molecule has 0 bridgehead atoms. The number of halogens is 3. The maximum absolute atomic E-state index is 12.6. The summed E-state index contributed by atoms with van der Waals surface area (Å²) in [5, 5.41) is 7.40. The van der Waals surface area contributed by atoms with Crippen molar-refractivity contribution in [3.63, 3.8) is 0 Å². The van der Waals surface area contributed by atoms with Crippen LogP contribution in [0.15, 0.2) is 24.3 Å². The molecule has 0 saturated heterocycles. The first-order chi connectivity index (χ1) is 10.8. The summed E-state index contributed by atoms with van der Waals surface area (Å²) in [6.45, 7) is -0.292. The molecule has 0 unspecified atom stereocenters. The highest BCUT2D eigenvalue weighted by Gasteiger charge is 2.30. The Hall–Kier alpha value is -2.25. The number of anilines is 1. The lowest BCUT2D eigenvalue weighted by molar-refractivity contribution is -0.137. The number of amides is 3. The monoisotopic (exact) mass is 329 g/mol. The Bertz CT molecular complexity index is 569. The molecule has 1 fully saturated rings. The van der Waals surface area contributed by atoms with Gasteiger partial charge in [-0.1, -0.05) is 18.9 Å². The van der Waals surface area contributed by atoms with Crippen molar-refractivity contribution in [1.29, 1.82) is 0 Å². The summed E-state index contributed by atoms with van der Waals surface area (Å²) in [5.41, 5.74) is -0.645. The van der Waals surface area contributed by atoms with Crippen molar-refractivity contribution in [3.8, 4) is 0 Å². The number of hydrogen-bond donors (Lipinski definition) is 3. The van der Waals surface area contributed by atoms with Gasteiger partial charge in [0, 0.05) is 11.7 Å². The predicted molar refractivity (Wildman–Crippen MR) is 78.9 cm³/mol. The molecule has 1 aliphatic rings. The Morgan fingerprint density at radius 1 is 1.17 bits per heavy atom. The van der Waals surface area contributed by atoms with Crippen LogP contribution in [-0.4, -0.2) is 24.5 Å². The number of alkyl halides is 3. The largest absolute Gasteiger partial charge is 0.416 e. The first-order valence-corrected chi connectivity index (χ1v) is 7.36. The fraction of sp³-hybridized carbons (Fsp3) is 0.467. The lowest BCUT2D eigenvalue weighted by Gasteiger charge is -2.13. The van der Waals surface area contributed by atoms with Gasteiger partial charge in [0.1, 0.15) is 0 Å². The molecule has 2 rings (SSSR count). The van der Waals surface area contributed by atoms with E-state index >= 15 is 0 Å². The van der Waals surface area contributed by atoms with Gasteiger partial charge in [0.15, 0.2) is 0 Å². The summed E-state index contributed by atoms with van der Waals surface area (Å²) < 4.78 is 37.7. The minimum atomic E-state index is -4.44. The van der Waals surface area contributed by atoms with E-state index in [2.05, 4.69) is 16.0 Å². The third-order valence-electron chi connectivity index (χ3n) is 3.59. The number of nitrogens with one attached hydrogen (secondary N) is 3. The van der Waals surface area contributed by atoms with Gasteiger partial charge >= 0.3 is 12.2 Å². The molecule has 23 heavy (non-hydrogen) atoms. The second kappa shape index (κ2) is 7.34. The van der Waals surface area contributed by atoms with Gasteiger partial charge in [-0.25, -0.2) is 4.79 Å². The Balaban J connectivity index is 1.78. The quantitative estimate of drug-likeness (QED) is 0.795. The first-order valence-electron chi connectivity index (χ1n) is 7.36. The maximum atomic E-state index is 12.6. The molecular formula is C15H18F3N3O2. The van der Waals surface area contributed by atoms with E-state index in [4.69, 9.17) is 0 Å². The number of benzene rings is 1. The van der Waals surface area contributed by atoms with Crippen molar-refractivity contribution < 1.29 is 22.8 Å². The van der Waals surface area contributed by atoms with Gasteiger partial charge < -0.3 is 10.6 Å². The van der Waals surface area contributed by atoms with Crippen molar-refractivity contribution in [1.82, 2.24) is 10.6 Å². The molecule has 0 aliphatic heterocycles. The van der Waals surface area contributed by atoms with Crippen LogP contribution in [0.5, 0.6) is 0 Å². The van der Waals surface area contributed by atoms with E-state index in [1.807, 2.05) is 0 Å². The van der Waals surface area contributed by atoms with Gasteiger partial charge in [-0.05, 0) is 31.0 Å². The number of carbonyl (C=O) groups excluding carboxylic acids is 2. The SMILES string of the molecule is O=C(CNc1cccc(C(F)(F)F)c1)NC(=O)NC1CCCC1. The highest BCUT2D eigenvalue weighted by Crippen LogP contribution is 2.30. The normalized spacial score (nSPS) is 15.3. The number of imide groups is 1. The molecule has 3 amide bonds. The Morgan fingerprint density at radius 2 is 1.87 bits per heavy atom. The van der Waals surface area contributed by atoms with E-state index in [1.165, 1.54) is 12.1 Å². The molecule has 0 aromatic heterocycles. The van der Waals surface area contributed by atoms with Crippen molar-refractivity contribution >= 4 is 17.6 Å². The van der Waals surface area contributed by atoms with Crippen LogP contribution in [-0.2, 0) is 11.0 Å². The molecule has 1 aromatic rings. The fourth-order valence-corrected chi connectivity index (χ4v) is 2.45. The lowest BCUT2D eigenvalue weighted by atomic mass is 10.2. The summed E-state index contributed by atoms with van der Waals surface area (Å²) in [6.07, 6.45) is -0.554. The molecule has 1 aromatic carbocycles. The minimum Gasteiger partial charge on any atom is -0.376 e. The summed E-state index contributed by atoms with van der Waals surface area (Å²) in [4.78, 5) is 23.2. The van der Waals surface area contributed by atoms with Gasteiger partial charge in [0.05, 0.1) is 12.1 Å². The van der Waals surface area contributed by atoms with Gasteiger partial charge in [0.25, 0.3) is 0 Å². The van der Waals surface area contributed by atoms with Crippen LogP contribution >= 0.6 is 0 Å². The maximum Gasteiger partial charge on any atom is 0.416 e. The second-order valence-electron chi connectivity index (χ2n) is 5.44. The number of rotatable bonds is 4. The van der Waals surface area contributed by atoms with Crippen LogP contribution in [0.1, 0.15) is 31.2 Å². The van der Waals surface area contributed by atoms with Crippen molar-refractivity contribution in [3.05, 3.63) is 29.8 Å². The van der Waals surface area contributed by atoms with Gasteiger partial charge in [-0.3, -0.25) is 10.1 Å². The topological polar surface area (TPSA) is 70.2 Å². The van der Waals surface area contributed by atoms with Crippen molar-refractivity contribution in [2.75, 3.05) is 11.9 Å². The Kier molecular flexibility index (Phi) is 5.46. The minimum absolute atomic E-state index is 0.0826. The number of hydrogen-bond acceptors (Lipinski definition) is 3. The Morgan fingerprint density at radius 3 is 2.52 bits per heavy atom. The van der Waals surface area contributed by atoms with Crippen LogP contribution in [0.25, 0.3) is 0 Å². The van der Waals surface area contributed by atoms with Crippen LogP contribution in [0.3, 0.4) is 0 Å². The van der Waals surface area contributed by atoms with Crippen molar-refractivity contribution in [2.45, 2.75) is 37.9 Å². The Labute approximate surface area is 131 Å². The van der Waals surface area contributed by atoms with E-state index in [9.17, 15) is 22.8 Å². The lowest BCUT2D eigenvalue weighted by Crippen LogP contribution is -2.45. The second-order valence-corrected chi connectivity index (χ2v) is 5.44. The van der Waals surface area contributed by atoms with Crippen LogP contribution in [0, 0.1) is 0 Å². The molecule has 0 atom stereocenters. The highest BCUT2D eigenvalue weighted by molar-refractivity contribution is 5.96. The van der Waals surface area contributed by atoms with Crippen LogP contribution in [0.4, 0.5) is 23.7 Å². The van der Waals surface area contributed by atoms with E-state index in [0.29, 0.717) is 0 Å². The summed E-state index contributed by atoms with van der Waals surface area (Å²) in [7, 11) is 0. The number of urea groups is 1. The zero-order valence-electron chi connectivity index (χ0n) is 12.4. The van der Waals surface area contributed by atoms with E-state index in [-0.39, 0.29) is 18.3 Å². The van der Waals surface area contributed by atoms with E-state index < -0.39 is 23.7 Å². The van der Waals surface area contributed by atoms with Crippen LogP contribution in [0.2, 0.25) is 0 Å². The molecule has 1 saturated carbocycles. The zero-order valence-corrected chi connectivity index (χ0v) is 12.4. The van der Waals surface area contributed by atoms with Gasteiger partial charge in [-0.15, -0.1) is 0 Å². The molecule has 0 spiro atoms. The molecule has 1 aliphatic carbocycles. The highest BCUT2D eigenvalue weighted by atomic mass is 19.4. The molecule has 3 N–H and O–H groups in total. The molecular weight excluding hydrogens is 311 g/mol. The average Bonchev–Trinajstić information content (AvgIpc) is 2.97. The smallest absolute Gasteiger partial charge is 0.376 e. The average molecular weight is 329 g/mol. The summed E-state index contributed by atoms with van der Waals surface area (Å²) >= 11 is 0. The molecule has 8 heteroatoms. The fourth-order valence-electron chi connectivity index (χ4n) is 2.45. The van der Waals surface area contributed by atoms with Gasteiger partial charge in [0.2, 0.25) is 5.91 Å². The summed E-state index contributed by atoms with van der Waals surface area (Å²) in [5.74, 6) is -0.613. The molecule has 0 heterocycles.